The number of carbonyl (C=O) groups excluding carboxylic acids is 1. The average molecular weight is 439 g/mol. The van der Waals surface area contributed by atoms with Gasteiger partial charge in [-0.25, -0.2) is 22.9 Å². The van der Waals surface area contributed by atoms with E-state index in [4.69, 9.17) is 0 Å². The zero-order chi connectivity index (χ0) is 18.7. The molecule has 1 aliphatic heterocycles. The number of nitrogens with zero attached hydrogens (tertiary/aromatic N) is 2. The van der Waals surface area contributed by atoms with Crippen molar-refractivity contribution in [3.8, 4) is 0 Å². The third kappa shape index (κ3) is 5.50. The van der Waals surface area contributed by atoms with Gasteiger partial charge in [-0.1, -0.05) is 0 Å². The monoisotopic (exact) mass is 438 g/mol. The quantitative estimate of drug-likeness (QED) is 0.622. The largest absolute Gasteiger partial charge is 0.464 e. The summed E-state index contributed by atoms with van der Waals surface area (Å²) < 4.78 is 70.4. The molecular formula is C12H18ClF3N4O4S2. The SMILES string of the molecule is COC(=O)c1ncsc1S(=O)(=O)NCC(N1CCNCC1)C(F)(F)F.Cl. The number of halogens is 4. The maximum Gasteiger partial charge on any atom is 0.405 e. The van der Waals surface area contributed by atoms with Gasteiger partial charge in [0, 0.05) is 32.7 Å². The predicted molar refractivity (Wildman–Crippen MR) is 90.2 cm³/mol. The molecule has 2 heterocycles. The average Bonchev–Trinajstić information content (AvgIpc) is 3.04. The fraction of sp³-hybridized carbons (Fsp3) is 0.667. The second-order valence-corrected chi connectivity index (χ2v) is 7.99. The topological polar surface area (TPSA) is 101 Å². The molecule has 2 rings (SSSR count). The highest BCUT2D eigenvalue weighted by molar-refractivity contribution is 7.91. The van der Waals surface area contributed by atoms with Crippen LogP contribution in [0.3, 0.4) is 0 Å². The van der Waals surface area contributed by atoms with Gasteiger partial charge in [0.1, 0.15) is 6.04 Å². The van der Waals surface area contributed by atoms with E-state index >= 15 is 0 Å². The first kappa shape index (κ1) is 23.0. The molecule has 0 amide bonds. The molecule has 0 bridgehead atoms. The Morgan fingerprint density at radius 3 is 2.62 bits per heavy atom. The Kier molecular flexibility index (Phi) is 8.23. The van der Waals surface area contributed by atoms with Gasteiger partial charge in [0.15, 0.2) is 9.90 Å². The number of hydrogen-bond acceptors (Lipinski definition) is 8. The van der Waals surface area contributed by atoms with Gasteiger partial charge in [0.25, 0.3) is 10.0 Å². The van der Waals surface area contributed by atoms with E-state index in [1.807, 2.05) is 4.72 Å². The predicted octanol–water partition coefficient (Wildman–Crippen LogP) is 0.466. The minimum atomic E-state index is -4.60. The molecule has 0 aliphatic carbocycles. The molecule has 0 saturated carbocycles. The zero-order valence-corrected chi connectivity index (χ0v) is 16.0. The van der Waals surface area contributed by atoms with E-state index in [1.165, 1.54) is 4.90 Å². The lowest BCUT2D eigenvalue weighted by Gasteiger charge is -2.35. The molecule has 8 nitrogen and oxygen atoms in total. The zero-order valence-electron chi connectivity index (χ0n) is 13.6. The minimum absolute atomic E-state index is 0. The standard InChI is InChI=1S/C12H17F3N4O4S2.ClH/c1-23-10(20)9-11(24-7-17-9)25(21,22)18-6-8(12(13,14)15)19-4-2-16-3-5-19;/h7-8,16,18H,2-6H2,1H3;1H. The molecule has 1 aliphatic rings. The number of nitrogens with one attached hydrogen (secondary N) is 2. The van der Waals surface area contributed by atoms with E-state index in [2.05, 4.69) is 15.0 Å². The van der Waals surface area contributed by atoms with Crippen molar-refractivity contribution in [2.75, 3.05) is 39.8 Å². The molecule has 0 radical (unpaired) electrons. The van der Waals surface area contributed by atoms with E-state index in [9.17, 15) is 26.4 Å². The Morgan fingerprint density at radius 2 is 2.08 bits per heavy atom. The number of methoxy groups -OCH3 is 1. The fourth-order valence-corrected chi connectivity index (χ4v) is 4.57. The lowest BCUT2D eigenvalue weighted by molar-refractivity contribution is -0.182. The highest BCUT2D eigenvalue weighted by atomic mass is 35.5. The molecule has 1 fully saturated rings. The molecule has 0 aromatic carbocycles. The molecular weight excluding hydrogens is 421 g/mol. The van der Waals surface area contributed by atoms with Crippen LogP contribution < -0.4 is 10.0 Å². The van der Waals surface area contributed by atoms with Crippen molar-refractivity contribution >= 4 is 39.7 Å². The Morgan fingerprint density at radius 1 is 1.46 bits per heavy atom. The molecule has 2 N–H and O–H groups in total. The van der Waals surface area contributed by atoms with Crippen LogP contribution >= 0.6 is 23.7 Å². The summed E-state index contributed by atoms with van der Waals surface area (Å²) >= 11 is 0.628. The number of aromatic nitrogens is 1. The summed E-state index contributed by atoms with van der Waals surface area (Å²) in [6, 6.07) is -1.96. The van der Waals surface area contributed by atoms with Crippen LogP contribution in [0.15, 0.2) is 9.72 Å². The number of hydrogen-bond donors (Lipinski definition) is 2. The summed E-state index contributed by atoms with van der Waals surface area (Å²) in [4.78, 5) is 16.3. The van der Waals surface area contributed by atoms with Crippen LogP contribution in [0, 0.1) is 0 Å². The van der Waals surface area contributed by atoms with Crippen LogP contribution in [0.25, 0.3) is 0 Å². The molecule has 150 valence electrons. The van der Waals surface area contributed by atoms with Crippen molar-refractivity contribution in [2.45, 2.75) is 16.4 Å². The number of alkyl halides is 3. The fourth-order valence-electron chi connectivity index (χ4n) is 2.36. The number of thiazole rings is 1. The summed E-state index contributed by atoms with van der Waals surface area (Å²) in [5.41, 5.74) is 0.656. The van der Waals surface area contributed by atoms with Crippen LogP contribution in [0.2, 0.25) is 0 Å². The maximum atomic E-state index is 13.3. The van der Waals surface area contributed by atoms with Crippen LogP contribution in [0.4, 0.5) is 13.2 Å². The number of sulfonamides is 1. The summed E-state index contributed by atoms with van der Waals surface area (Å²) in [6.07, 6.45) is -4.60. The number of carbonyl (C=O) groups is 1. The summed E-state index contributed by atoms with van der Waals surface area (Å²) in [7, 11) is -3.28. The first-order valence-corrected chi connectivity index (χ1v) is 9.56. The Bertz CT molecular complexity index is 708. The third-order valence-corrected chi connectivity index (χ3v) is 6.39. The van der Waals surface area contributed by atoms with Crippen LogP contribution in [0.1, 0.15) is 10.5 Å². The molecule has 1 aromatic heterocycles. The van der Waals surface area contributed by atoms with Gasteiger partial charge in [-0.05, 0) is 0 Å². The molecule has 1 aromatic rings. The third-order valence-electron chi connectivity index (χ3n) is 3.59. The summed E-state index contributed by atoms with van der Waals surface area (Å²) in [6.45, 7) is 0.228. The van der Waals surface area contributed by atoms with Crippen LogP contribution in [-0.4, -0.2) is 76.3 Å². The Balaban J connectivity index is 0.00000338. The molecule has 0 spiro atoms. The lowest BCUT2D eigenvalue weighted by Crippen LogP contribution is -2.57. The van der Waals surface area contributed by atoms with Gasteiger partial charge in [-0.3, -0.25) is 4.90 Å². The van der Waals surface area contributed by atoms with Crippen LogP contribution in [-0.2, 0) is 14.8 Å². The molecule has 14 heteroatoms. The molecule has 1 unspecified atom stereocenters. The first-order valence-electron chi connectivity index (χ1n) is 7.19. The Hall–Kier alpha value is -0.990. The highest BCUT2D eigenvalue weighted by Gasteiger charge is 2.44. The number of ether oxygens (including phenoxy) is 1. The second kappa shape index (κ2) is 9.28. The van der Waals surface area contributed by atoms with Gasteiger partial charge >= 0.3 is 12.1 Å². The van der Waals surface area contributed by atoms with E-state index in [0.717, 1.165) is 12.6 Å². The van der Waals surface area contributed by atoms with E-state index in [-0.39, 0.29) is 25.5 Å². The highest BCUT2D eigenvalue weighted by Crippen LogP contribution is 2.26. The minimum Gasteiger partial charge on any atom is -0.464 e. The van der Waals surface area contributed by atoms with Crippen molar-refractivity contribution in [3.63, 3.8) is 0 Å². The van der Waals surface area contributed by atoms with Crippen molar-refractivity contribution in [3.05, 3.63) is 11.2 Å². The summed E-state index contributed by atoms with van der Waals surface area (Å²) in [5, 5.41) is 2.94. The maximum absolute atomic E-state index is 13.3. The normalized spacial score (nSPS) is 17.4. The number of rotatable bonds is 6. The van der Waals surface area contributed by atoms with Gasteiger partial charge in [0.05, 0.1) is 12.6 Å². The number of piperazine rings is 1. The second-order valence-electron chi connectivity index (χ2n) is 5.18. The van der Waals surface area contributed by atoms with Crippen molar-refractivity contribution in [2.24, 2.45) is 0 Å². The van der Waals surface area contributed by atoms with Crippen molar-refractivity contribution in [1.29, 1.82) is 0 Å². The molecule has 1 saturated heterocycles. The van der Waals surface area contributed by atoms with Gasteiger partial charge in [-0.15, -0.1) is 23.7 Å². The van der Waals surface area contributed by atoms with Crippen molar-refractivity contribution in [1.82, 2.24) is 19.9 Å². The number of esters is 1. The summed E-state index contributed by atoms with van der Waals surface area (Å²) in [5.74, 6) is -0.976. The molecule has 26 heavy (non-hydrogen) atoms. The van der Waals surface area contributed by atoms with Gasteiger partial charge in [-0.2, -0.15) is 13.2 Å². The molecule has 1 atom stereocenters. The smallest absolute Gasteiger partial charge is 0.405 e. The van der Waals surface area contributed by atoms with Crippen molar-refractivity contribution < 1.29 is 31.1 Å². The lowest BCUT2D eigenvalue weighted by atomic mass is 10.2. The van der Waals surface area contributed by atoms with E-state index < -0.39 is 44.7 Å². The Labute approximate surface area is 158 Å². The van der Waals surface area contributed by atoms with E-state index in [0.29, 0.717) is 24.4 Å². The first-order chi connectivity index (χ1) is 11.7. The van der Waals surface area contributed by atoms with Crippen LogP contribution in [0.5, 0.6) is 0 Å². The van der Waals surface area contributed by atoms with E-state index in [1.54, 1.807) is 0 Å². The van der Waals surface area contributed by atoms with Gasteiger partial charge in [0.2, 0.25) is 0 Å². The van der Waals surface area contributed by atoms with Gasteiger partial charge < -0.3 is 10.1 Å².